The molecule has 1 aromatic heterocycles. The molecule has 1 fully saturated rings. The molecule has 0 radical (unpaired) electrons. The van der Waals surface area contributed by atoms with Gasteiger partial charge in [0.2, 0.25) is 0 Å². The zero-order valence-corrected chi connectivity index (χ0v) is 15.3. The lowest BCUT2D eigenvalue weighted by Gasteiger charge is -2.24. The smallest absolute Gasteiger partial charge is 0.277 e. The van der Waals surface area contributed by atoms with Gasteiger partial charge in [-0.05, 0) is 42.7 Å². The molecule has 0 spiro atoms. The van der Waals surface area contributed by atoms with Crippen molar-refractivity contribution in [3.8, 4) is 0 Å². The second-order valence-corrected chi connectivity index (χ2v) is 6.81. The number of nitrogens with zero attached hydrogens (tertiary/aromatic N) is 3. The van der Waals surface area contributed by atoms with Crippen molar-refractivity contribution < 1.29 is 4.79 Å². The van der Waals surface area contributed by atoms with Gasteiger partial charge in [0.25, 0.3) is 5.91 Å². The van der Waals surface area contributed by atoms with E-state index in [1.165, 1.54) is 12.8 Å². The highest BCUT2D eigenvalue weighted by Gasteiger charge is 2.21. The number of benzene rings is 2. The summed E-state index contributed by atoms with van der Waals surface area (Å²) in [6, 6.07) is 23.8. The maximum Gasteiger partial charge on any atom is 0.277 e. The Kier molecular flexibility index (Phi) is 5.15. The molecule has 0 saturated carbocycles. The van der Waals surface area contributed by atoms with E-state index in [4.69, 9.17) is 0 Å². The third kappa shape index (κ3) is 4.00. The minimum Gasteiger partial charge on any atom is -0.371 e. The van der Waals surface area contributed by atoms with Gasteiger partial charge in [0.15, 0.2) is 0 Å². The molecule has 1 aliphatic heterocycles. The summed E-state index contributed by atoms with van der Waals surface area (Å²) >= 11 is 0. The van der Waals surface area contributed by atoms with Crippen molar-refractivity contribution in [2.45, 2.75) is 19.4 Å². The van der Waals surface area contributed by atoms with Crippen LogP contribution in [0.1, 0.15) is 28.9 Å². The third-order valence-corrected chi connectivity index (χ3v) is 4.93. The Morgan fingerprint density at radius 1 is 0.926 bits per heavy atom. The van der Waals surface area contributed by atoms with Crippen LogP contribution in [0.2, 0.25) is 0 Å². The predicted molar refractivity (Wildman–Crippen MR) is 109 cm³/mol. The first-order chi connectivity index (χ1) is 13.3. The zero-order chi connectivity index (χ0) is 18.5. The van der Waals surface area contributed by atoms with Crippen LogP contribution in [0.15, 0.2) is 79.0 Å². The summed E-state index contributed by atoms with van der Waals surface area (Å²) in [6.45, 7) is 2.60. The van der Waals surface area contributed by atoms with Crippen LogP contribution in [0.5, 0.6) is 0 Å². The maximum atomic E-state index is 13.4. The molecule has 2 heterocycles. The molecular weight excluding hydrogens is 334 g/mol. The molecule has 3 aromatic rings. The summed E-state index contributed by atoms with van der Waals surface area (Å²) < 4.78 is 0. The number of carbonyl (C=O) groups excluding carboxylic acids is 1. The standard InChI is InChI=1S/C23H23N3O/c27-23(22-17-21(13-14-24-22)25-15-7-8-16-25)26(20-11-5-2-6-12-20)18-19-9-3-1-4-10-19/h1-6,9-14,17H,7-8,15-16,18H2. The third-order valence-electron chi connectivity index (χ3n) is 4.93. The topological polar surface area (TPSA) is 36.4 Å². The van der Waals surface area contributed by atoms with Gasteiger partial charge in [-0.1, -0.05) is 48.5 Å². The maximum absolute atomic E-state index is 13.4. The molecular formula is C23H23N3O. The summed E-state index contributed by atoms with van der Waals surface area (Å²) in [5.74, 6) is -0.0777. The fourth-order valence-corrected chi connectivity index (χ4v) is 3.50. The summed E-state index contributed by atoms with van der Waals surface area (Å²) in [7, 11) is 0. The van der Waals surface area contributed by atoms with Crippen molar-refractivity contribution in [1.29, 1.82) is 0 Å². The van der Waals surface area contributed by atoms with Crippen molar-refractivity contribution in [3.05, 3.63) is 90.3 Å². The number of anilines is 2. The monoisotopic (exact) mass is 357 g/mol. The minimum atomic E-state index is -0.0777. The molecule has 4 nitrogen and oxygen atoms in total. The van der Waals surface area contributed by atoms with Gasteiger partial charge in [-0.15, -0.1) is 0 Å². The lowest BCUT2D eigenvalue weighted by atomic mass is 10.1. The van der Waals surface area contributed by atoms with E-state index >= 15 is 0 Å². The molecule has 0 aliphatic carbocycles. The van der Waals surface area contributed by atoms with Crippen LogP contribution in [0, 0.1) is 0 Å². The van der Waals surface area contributed by atoms with Gasteiger partial charge in [-0.25, -0.2) is 0 Å². The normalized spacial score (nSPS) is 13.6. The Balaban J connectivity index is 1.65. The van der Waals surface area contributed by atoms with E-state index in [1.807, 2.05) is 72.8 Å². The zero-order valence-electron chi connectivity index (χ0n) is 15.3. The van der Waals surface area contributed by atoms with Crippen LogP contribution < -0.4 is 9.80 Å². The number of amides is 1. The first kappa shape index (κ1) is 17.3. The van der Waals surface area contributed by atoms with E-state index in [9.17, 15) is 4.79 Å². The van der Waals surface area contributed by atoms with E-state index in [0.717, 1.165) is 30.0 Å². The minimum absolute atomic E-state index is 0.0777. The Hall–Kier alpha value is -3.14. The fourth-order valence-electron chi connectivity index (χ4n) is 3.50. The lowest BCUT2D eigenvalue weighted by Crippen LogP contribution is -2.31. The van der Waals surface area contributed by atoms with Crippen LogP contribution in [-0.4, -0.2) is 24.0 Å². The quantitative estimate of drug-likeness (QED) is 0.673. The first-order valence-corrected chi connectivity index (χ1v) is 9.43. The second kappa shape index (κ2) is 8.04. The van der Waals surface area contributed by atoms with E-state index in [1.54, 1.807) is 11.1 Å². The van der Waals surface area contributed by atoms with Crippen LogP contribution >= 0.6 is 0 Å². The number of carbonyl (C=O) groups is 1. The number of pyridine rings is 1. The van der Waals surface area contributed by atoms with Gasteiger partial charge >= 0.3 is 0 Å². The molecule has 136 valence electrons. The molecule has 0 unspecified atom stereocenters. The van der Waals surface area contributed by atoms with Gasteiger partial charge in [0.1, 0.15) is 5.69 Å². The van der Waals surface area contributed by atoms with Crippen LogP contribution in [0.4, 0.5) is 11.4 Å². The Labute approximate surface area is 160 Å². The molecule has 0 N–H and O–H groups in total. The van der Waals surface area contributed by atoms with Gasteiger partial charge < -0.3 is 9.80 Å². The molecule has 1 aliphatic rings. The van der Waals surface area contributed by atoms with E-state index < -0.39 is 0 Å². The molecule has 27 heavy (non-hydrogen) atoms. The SMILES string of the molecule is O=C(c1cc(N2CCCC2)ccn1)N(Cc1ccccc1)c1ccccc1. The summed E-state index contributed by atoms with van der Waals surface area (Å²) in [6.07, 6.45) is 4.15. The predicted octanol–water partition coefficient (Wildman–Crippen LogP) is 4.53. The number of aromatic nitrogens is 1. The van der Waals surface area contributed by atoms with Gasteiger partial charge in [-0.2, -0.15) is 0 Å². The van der Waals surface area contributed by atoms with Crippen molar-refractivity contribution in [3.63, 3.8) is 0 Å². The highest BCUT2D eigenvalue weighted by atomic mass is 16.2. The van der Waals surface area contributed by atoms with Crippen LogP contribution in [-0.2, 0) is 6.54 Å². The van der Waals surface area contributed by atoms with Gasteiger partial charge in [0, 0.05) is 30.7 Å². The molecule has 0 bridgehead atoms. The van der Waals surface area contributed by atoms with Crippen molar-refractivity contribution in [1.82, 2.24) is 4.98 Å². The summed E-state index contributed by atoms with van der Waals surface area (Å²) in [5, 5.41) is 0. The molecule has 4 rings (SSSR count). The Morgan fingerprint density at radius 2 is 1.59 bits per heavy atom. The Bertz CT molecular complexity index is 890. The summed E-state index contributed by atoms with van der Waals surface area (Å²) in [5.41, 5.74) is 3.53. The van der Waals surface area contributed by atoms with Gasteiger partial charge in [0.05, 0.1) is 6.54 Å². The summed E-state index contributed by atoms with van der Waals surface area (Å²) in [4.78, 5) is 21.9. The average molecular weight is 357 g/mol. The second-order valence-electron chi connectivity index (χ2n) is 6.81. The molecule has 0 atom stereocenters. The van der Waals surface area contributed by atoms with E-state index in [-0.39, 0.29) is 5.91 Å². The number of para-hydroxylation sites is 1. The number of hydrogen-bond acceptors (Lipinski definition) is 3. The van der Waals surface area contributed by atoms with Crippen LogP contribution in [0.3, 0.4) is 0 Å². The number of rotatable bonds is 5. The van der Waals surface area contributed by atoms with Crippen LogP contribution in [0.25, 0.3) is 0 Å². The Morgan fingerprint density at radius 3 is 2.30 bits per heavy atom. The van der Waals surface area contributed by atoms with Crippen molar-refractivity contribution >= 4 is 17.3 Å². The van der Waals surface area contributed by atoms with Crippen molar-refractivity contribution in [2.75, 3.05) is 22.9 Å². The number of hydrogen-bond donors (Lipinski definition) is 0. The molecule has 1 amide bonds. The van der Waals surface area contributed by atoms with Gasteiger partial charge in [-0.3, -0.25) is 9.78 Å². The fraction of sp³-hybridized carbons (Fsp3) is 0.217. The van der Waals surface area contributed by atoms with Crippen molar-refractivity contribution in [2.24, 2.45) is 0 Å². The largest absolute Gasteiger partial charge is 0.371 e. The molecule has 2 aromatic carbocycles. The highest BCUT2D eigenvalue weighted by Crippen LogP contribution is 2.23. The first-order valence-electron chi connectivity index (χ1n) is 9.43. The highest BCUT2D eigenvalue weighted by molar-refractivity contribution is 6.05. The molecule has 1 saturated heterocycles. The van der Waals surface area contributed by atoms with E-state index in [2.05, 4.69) is 9.88 Å². The van der Waals surface area contributed by atoms with E-state index in [0.29, 0.717) is 12.2 Å². The molecule has 4 heteroatoms. The lowest BCUT2D eigenvalue weighted by molar-refractivity contribution is 0.0980. The average Bonchev–Trinajstić information content (AvgIpc) is 3.28.